The molecule has 1 fully saturated rings. The molecule has 0 radical (unpaired) electrons. The molecule has 4 nitrogen and oxygen atoms in total. The lowest BCUT2D eigenvalue weighted by Crippen LogP contribution is -2.40. The highest BCUT2D eigenvalue weighted by atomic mass is 16.5. The first-order valence-electron chi connectivity index (χ1n) is 6.77. The number of ether oxygens (including phenoxy) is 1. The van der Waals surface area contributed by atoms with Crippen LogP contribution >= 0.6 is 0 Å². The highest BCUT2D eigenvalue weighted by Gasteiger charge is 2.26. The molecule has 0 bridgehead atoms. The van der Waals surface area contributed by atoms with Crippen LogP contribution in [0.3, 0.4) is 0 Å². The number of aliphatic carboxylic acids is 1. The molecule has 1 aliphatic carbocycles. The van der Waals surface area contributed by atoms with Gasteiger partial charge in [0.2, 0.25) is 0 Å². The van der Waals surface area contributed by atoms with Gasteiger partial charge in [-0.2, -0.15) is 0 Å². The van der Waals surface area contributed by atoms with Crippen LogP contribution in [0.4, 0.5) is 0 Å². The zero-order valence-electron chi connectivity index (χ0n) is 11.2. The summed E-state index contributed by atoms with van der Waals surface area (Å²) >= 11 is 0. The molecular formula is C15H21NO3. The quantitative estimate of drug-likeness (QED) is 0.856. The van der Waals surface area contributed by atoms with Crippen molar-refractivity contribution in [3.8, 4) is 0 Å². The second-order valence-corrected chi connectivity index (χ2v) is 5.06. The van der Waals surface area contributed by atoms with Crippen molar-refractivity contribution < 1.29 is 14.6 Å². The topological polar surface area (TPSA) is 58.6 Å². The summed E-state index contributed by atoms with van der Waals surface area (Å²) < 4.78 is 5.33. The minimum atomic E-state index is -0.819. The molecular weight excluding hydrogens is 242 g/mol. The fourth-order valence-corrected chi connectivity index (χ4v) is 2.66. The highest BCUT2D eigenvalue weighted by molar-refractivity contribution is 5.75. The van der Waals surface area contributed by atoms with Crippen LogP contribution in [0.1, 0.15) is 37.3 Å². The number of nitrogens with one attached hydrogen (secondary N) is 1. The largest absolute Gasteiger partial charge is 0.480 e. The van der Waals surface area contributed by atoms with Gasteiger partial charge in [-0.25, -0.2) is 0 Å². The molecule has 104 valence electrons. The van der Waals surface area contributed by atoms with Crippen LogP contribution in [0.15, 0.2) is 30.3 Å². The summed E-state index contributed by atoms with van der Waals surface area (Å²) in [4.78, 5) is 11.4. The fraction of sp³-hybridized carbons (Fsp3) is 0.533. The van der Waals surface area contributed by atoms with Gasteiger partial charge >= 0.3 is 5.97 Å². The predicted molar refractivity (Wildman–Crippen MR) is 73.0 cm³/mol. The number of hydrogen-bond donors (Lipinski definition) is 2. The highest BCUT2D eigenvalue weighted by Crippen LogP contribution is 2.23. The van der Waals surface area contributed by atoms with Gasteiger partial charge in [0.05, 0.1) is 6.10 Å². The first-order valence-corrected chi connectivity index (χ1v) is 6.77. The van der Waals surface area contributed by atoms with Crippen LogP contribution in [0.2, 0.25) is 0 Å². The summed E-state index contributed by atoms with van der Waals surface area (Å²) in [5, 5.41) is 12.6. The zero-order valence-corrected chi connectivity index (χ0v) is 11.2. The average Bonchev–Trinajstić information content (AvgIpc) is 2.46. The maximum absolute atomic E-state index is 11.4. The molecule has 1 aromatic rings. The molecule has 2 rings (SSSR count). The van der Waals surface area contributed by atoms with Crippen molar-refractivity contribution in [3.63, 3.8) is 0 Å². The first kappa shape index (κ1) is 14.0. The van der Waals surface area contributed by atoms with Crippen molar-refractivity contribution in [1.82, 2.24) is 5.32 Å². The van der Waals surface area contributed by atoms with Crippen molar-refractivity contribution in [1.29, 1.82) is 0 Å². The van der Waals surface area contributed by atoms with Crippen molar-refractivity contribution >= 4 is 5.97 Å². The molecule has 4 heteroatoms. The van der Waals surface area contributed by atoms with Crippen molar-refractivity contribution in [3.05, 3.63) is 35.9 Å². The van der Waals surface area contributed by atoms with Gasteiger partial charge in [0, 0.05) is 13.2 Å². The summed E-state index contributed by atoms with van der Waals surface area (Å²) in [5.41, 5.74) is 0.809. The Morgan fingerprint density at radius 1 is 1.26 bits per heavy atom. The van der Waals surface area contributed by atoms with E-state index in [0.29, 0.717) is 6.10 Å². The maximum Gasteiger partial charge on any atom is 0.325 e. The summed E-state index contributed by atoms with van der Waals surface area (Å²) in [6, 6.07) is 8.98. The Bertz CT molecular complexity index is 399. The SMILES string of the molecule is COC1CCC(NC(C(=O)O)c2ccccc2)CC1. The number of carboxylic acids is 1. The maximum atomic E-state index is 11.4. The van der Waals surface area contributed by atoms with E-state index in [2.05, 4.69) is 5.32 Å². The average molecular weight is 263 g/mol. The molecule has 1 aliphatic rings. The number of hydrogen-bond acceptors (Lipinski definition) is 3. The van der Waals surface area contributed by atoms with Gasteiger partial charge in [0.1, 0.15) is 6.04 Å². The third-order valence-electron chi connectivity index (χ3n) is 3.79. The van der Waals surface area contributed by atoms with Crippen LogP contribution in [0.25, 0.3) is 0 Å². The Labute approximate surface area is 113 Å². The molecule has 19 heavy (non-hydrogen) atoms. The van der Waals surface area contributed by atoms with Crippen LogP contribution in [0.5, 0.6) is 0 Å². The lowest BCUT2D eigenvalue weighted by Gasteiger charge is -2.30. The molecule has 0 aromatic heterocycles. The normalized spacial score (nSPS) is 24.9. The molecule has 0 heterocycles. The van der Waals surface area contributed by atoms with Gasteiger partial charge in [-0.1, -0.05) is 30.3 Å². The van der Waals surface area contributed by atoms with E-state index in [-0.39, 0.29) is 6.04 Å². The van der Waals surface area contributed by atoms with Crippen LogP contribution in [-0.2, 0) is 9.53 Å². The Balaban J connectivity index is 1.97. The molecule has 1 saturated carbocycles. The number of methoxy groups -OCH3 is 1. The number of carbonyl (C=O) groups is 1. The Morgan fingerprint density at radius 3 is 2.42 bits per heavy atom. The molecule has 1 unspecified atom stereocenters. The van der Waals surface area contributed by atoms with E-state index in [4.69, 9.17) is 4.74 Å². The summed E-state index contributed by atoms with van der Waals surface area (Å²) in [6.45, 7) is 0. The monoisotopic (exact) mass is 263 g/mol. The van der Waals surface area contributed by atoms with Gasteiger partial charge in [-0.3, -0.25) is 10.1 Å². The van der Waals surface area contributed by atoms with E-state index in [1.807, 2.05) is 30.3 Å². The molecule has 1 atom stereocenters. The van der Waals surface area contributed by atoms with E-state index in [0.717, 1.165) is 31.2 Å². The second-order valence-electron chi connectivity index (χ2n) is 5.06. The molecule has 0 aliphatic heterocycles. The molecule has 2 N–H and O–H groups in total. The number of carboxylic acid groups (broad SMARTS) is 1. The van der Waals surface area contributed by atoms with Gasteiger partial charge in [-0.05, 0) is 31.2 Å². The molecule has 0 saturated heterocycles. The molecule has 0 spiro atoms. The van der Waals surface area contributed by atoms with Crippen LogP contribution < -0.4 is 5.32 Å². The predicted octanol–water partition coefficient (Wildman–Crippen LogP) is 2.36. The van der Waals surface area contributed by atoms with Gasteiger partial charge < -0.3 is 9.84 Å². The van der Waals surface area contributed by atoms with E-state index >= 15 is 0 Å². The van der Waals surface area contributed by atoms with E-state index < -0.39 is 12.0 Å². The lowest BCUT2D eigenvalue weighted by atomic mass is 9.92. The van der Waals surface area contributed by atoms with Crippen molar-refractivity contribution in [2.24, 2.45) is 0 Å². The van der Waals surface area contributed by atoms with Crippen LogP contribution in [0, 0.1) is 0 Å². The van der Waals surface area contributed by atoms with Crippen molar-refractivity contribution in [2.75, 3.05) is 7.11 Å². The minimum absolute atomic E-state index is 0.257. The number of rotatable bonds is 5. The summed E-state index contributed by atoms with van der Waals surface area (Å²) in [7, 11) is 1.74. The Hall–Kier alpha value is -1.39. The minimum Gasteiger partial charge on any atom is -0.480 e. The standard InChI is InChI=1S/C15H21NO3/c1-19-13-9-7-12(8-10-13)16-14(15(17)18)11-5-3-2-4-6-11/h2-6,12-14,16H,7-10H2,1H3,(H,17,18). The Kier molecular flexibility index (Phi) is 4.93. The van der Waals surface area contributed by atoms with Crippen molar-refractivity contribution in [2.45, 2.75) is 43.9 Å². The zero-order chi connectivity index (χ0) is 13.7. The third kappa shape index (κ3) is 3.78. The smallest absolute Gasteiger partial charge is 0.325 e. The molecule has 1 aromatic carbocycles. The Morgan fingerprint density at radius 2 is 1.89 bits per heavy atom. The third-order valence-corrected chi connectivity index (χ3v) is 3.79. The fourth-order valence-electron chi connectivity index (χ4n) is 2.66. The lowest BCUT2D eigenvalue weighted by molar-refractivity contribution is -0.140. The van der Waals surface area contributed by atoms with Gasteiger partial charge in [0.15, 0.2) is 0 Å². The van der Waals surface area contributed by atoms with E-state index in [1.165, 1.54) is 0 Å². The van der Waals surface area contributed by atoms with Gasteiger partial charge in [0.25, 0.3) is 0 Å². The summed E-state index contributed by atoms with van der Waals surface area (Å²) in [6.07, 6.45) is 4.26. The van der Waals surface area contributed by atoms with E-state index in [1.54, 1.807) is 7.11 Å². The molecule has 0 amide bonds. The first-order chi connectivity index (χ1) is 9.20. The second kappa shape index (κ2) is 6.68. The van der Waals surface area contributed by atoms with Gasteiger partial charge in [-0.15, -0.1) is 0 Å². The summed E-state index contributed by atoms with van der Waals surface area (Å²) in [5.74, 6) is -0.819. The number of benzene rings is 1. The van der Waals surface area contributed by atoms with E-state index in [9.17, 15) is 9.90 Å². The van der Waals surface area contributed by atoms with Crippen LogP contribution in [-0.4, -0.2) is 30.3 Å².